The summed E-state index contributed by atoms with van der Waals surface area (Å²) < 4.78 is 0. The van der Waals surface area contributed by atoms with Crippen LogP contribution in [0.5, 0.6) is 0 Å². The lowest BCUT2D eigenvalue weighted by molar-refractivity contribution is 0.146. The molecule has 2 rings (SSSR count). The number of hydrogen-bond donors (Lipinski definition) is 0. The lowest BCUT2D eigenvalue weighted by Gasteiger charge is -2.35. The van der Waals surface area contributed by atoms with Gasteiger partial charge in [-0.1, -0.05) is 54.4 Å². The summed E-state index contributed by atoms with van der Waals surface area (Å²) in [7, 11) is 0. The van der Waals surface area contributed by atoms with Crippen LogP contribution < -0.4 is 0 Å². The van der Waals surface area contributed by atoms with E-state index in [2.05, 4.69) is 41.5 Å². The summed E-state index contributed by atoms with van der Waals surface area (Å²) >= 11 is 0. The average molecular weight is 250 g/mol. The summed E-state index contributed by atoms with van der Waals surface area (Å²) in [5, 5.41) is 0. The summed E-state index contributed by atoms with van der Waals surface area (Å²) in [5.74, 6) is 3.91. The fraction of sp³-hybridized carbons (Fsp3) is 1.00. The molecule has 0 aromatic carbocycles. The van der Waals surface area contributed by atoms with Crippen LogP contribution in [0, 0.1) is 34.5 Å². The summed E-state index contributed by atoms with van der Waals surface area (Å²) in [6, 6.07) is 0. The maximum absolute atomic E-state index is 2.55. The van der Waals surface area contributed by atoms with Gasteiger partial charge >= 0.3 is 0 Å². The zero-order valence-corrected chi connectivity index (χ0v) is 13.6. The predicted octanol–water partition coefficient (Wildman–Crippen LogP) is 5.91. The van der Waals surface area contributed by atoms with Gasteiger partial charge in [0.05, 0.1) is 0 Å². The first-order valence-corrected chi connectivity index (χ1v) is 8.28. The Labute approximate surface area is 115 Å². The predicted molar refractivity (Wildman–Crippen MR) is 80.6 cm³/mol. The topological polar surface area (TPSA) is 0 Å². The first-order valence-electron chi connectivity index (χ1n) is 8.28. The highest BCUT2D eigenvalue weighted by Crippen LogP contribution is 2.63. The minimum absolute atomic E-state index is 0.572. The Morgan fingerprint density at radius 3 is 2.33 bits per heavy atom. The van der Waals surface area contributed by atoms with Gasteiger partial charge in [0.25, 0.3) is 0 Å². The van der Waals surface area contributed by atoms with Crippen molar-refractivity contribution in [2.75, 3.05) is 0 Å². The highest BCUT2D eigenvalue weighted by atomic mass is 14.6. The van der Waals surface area contributed by atoms with Crippen LogP contribution in [-0.4, -0.2) is 0 Å². The fourth-order valence-electron chi connectivity index (χ4n) is 5.03. The molecule has 0 aromatic rings. The van der Waals surface area contributed by atoms with Crippen LogP contribution in [0.1, 0.15) is 80.1 Å². The van der Waals surface area contributed by atoms with Crippen LogP contribution >= 0.6 is 0 Å². The van der Waals surface area contributed by atoms with Crippen molar-refractivity contribution in [1.82, 2.24) is 0 Å². The van der Waals surface area contributed by atoms with Gasteiger partial charge in [-0.25, -0.2) is 0 Å². The zero-order valence-electron chi connectivity index (χ0n) is 13.6. The molecule has 0 nitrogen and oxygen atoms in total. The number of hydrogen-bond acceptors (Lipinski definition) is 0. The van der Waals surface area contributed by atoms with E-state index in [0.717, 1.165) is 23.7 Å². The molecule has 0 radical (unpaired) electrons. The second-order valence-electron chi connectivity index (χ2n) is 8.66. The van der Waals surface area contributed by atoms with Crippen LogP contribution in [0.2, 0.25) is 0 Å². The molecule has 2 saturated carbocycles. The van der Waals surface area contributed by atoms with Crippen LogP contribution in [0.4, 0.5) is 0 Å². The van der Waals surface area contributed by atoms with E-state index in [-0.39, 0.29) is 0 Å². The minimum atomic E-state index is 0.572. The van der Waals surface area contributed by atoms with Gasteiger partial charge < -0.3 is 0 Å². The molecule has 0 bridgehead atoms. The lowest BCUT2D eigenvalue weighted by Crippen LogP contribution is -2.26. The third kappa shape index (κ3) is 2.78. The first kappa shape index (κ1) is 14.4. The Kier molecular flexibility index (Phi) is 3.87. The Hall–Kier alpha value is 0. The van der Waals surface area contributed by atoms with Crippen LogP contribution in [0.3, 0.4) is 0 Å². The van der Waals surface area contributed by atoms with Crippen molar-refractivity contribution in [3.63, 3.8) is 0 Å². The fourth-order valence-corrected chi connectivity index (χ4v) is 5.03. The third-order valence-electron chi connectivity index (χ3n) is 6.31. The highest BCUT2D eigenvalue weighted by Gasteiger charge is 2.54. The Bertz CT molecular complexity index is 288. The van der Waals surface area contributed by atoms with Gasteiger partial charge in [0.15, 0.2) is 0 Å². The van der Waals surface area contributed by atoms with E-state index in [4.69, 9.17) is 0 Å². The molecule has 0 aliphatic heterocycles. The van der Waals surface area contributed by atoms with Gasteiger partial charge in [-0.15, -0.1) is 0 Å². The zero-order chi connectivity index (χ0) is 13.6. The van der Waals surface area contributed by atoms with Crippen LogP contribution in [0.15, 0.2) is 0 Å². The van der Waals surface area contributed by atoms with Crippen molar-refractivity contribution in [1.29, 1.82) is 0 Å². The molecule has 2 aliphatic carbocycles. The molecule has 0 heteroatoms. The third-order valence-corrected chi connectivity index (χ3v) is 6.31. The van der Waals surface area contributed by atoms with E-state index >= 15 is 0 Å². The normalized spacial score (nSPS) is 40.5. The molecule has 0 heterocycles. The van der Waals surface area contributed by atoms with Crippen molar-refractivity contribution in [3.05, 3.63) is 0 Å². The summed E-state index contributed by atoms with van der Waals surface area (Å²) in [6.07, 6.45) is 8.84. The van der Waals surface area contributed by atoms with Crippen LogP contribution in [-0.2, 0) is 0 Å². The molecular formula is C18H34. The standard InChI is InChI=1S/C18H34/c1-7-14-8-9-15(10-14)17(4,5)12-18(6)11-16(18)13(2)3/h13-16H,7-12H2,1-6H3. The van der Waals surface area contributed by atoms with E-state index in [1.54, 1.807) is 0 Å². The van der Waals surface area contributed by atoms with E-state index in [0.29, 0.717) is 10.8 Å². The molecule has 2 aliphatic rings. The molecule has 2 fully saturated rings. The van der Waals surface area contributed by atoms with Gasteiger partial charge in [-0.2, -0.15) is 0 Å². The van der Waals surface area contributed by atoms with Crippen molar-refractivity contribution in [2.24, 2.45) is 34.5 Å². The van der Waals surface area contributed by atoms with Gasteiger partial charge in [-0.05, 0) is 60.2 Å². The maximum Gasteiger partial charge on any atom is -0.0287 e. The van der Waals surface area contributed by atoms with E-state index in [1.165, 1.54) is 38.5 Å². The van der Waals surface area contributed by atoms with Crippen LogP contribution in [0.25, 0.3) is 0 Å². The summed E-state index contributed by atoms with van der Waals surface area (Å²) in [5.41, 5.74) is 1.24. The van der Waals surface area contributed by atoms with E-state index in [9.17, 15) is 0 Å². The molecule has 106 valence electrons. The average Bonchev–Trinajstić information content (AvgIpc) is 2.76. The minimum Gasteiger partial charge on any atom is -0.0651 e. The smallest absolute Gasteiger partial charge is 0.0287 e. The maximum atomic E-state index is 2.55. The Balaban J connectivity index is 1.92. The van der Waals surface area contributed by atoms with E-state index in [1.807, 2.05) is 0 Å². The Morgan fingerprint density at radius 1 is 1.22 bits per heavy atom. The van der Waals surface area contributed by atoms with Gasteiger partial charge in [0.1, 0.15) is 0 Å². The number of rotatable bonds is 5. The lowest BCUT2D eigenvalue weighted by atomic mass is 9.70. The summed E-state index contributed by atoms with van der Waals surface area (Å²) in [4.78, 5) is 0. The van der Waals surface area contributed by atoms with Gasteiger partial charge in [0, 0.05) is 0 Å². The first-order chi connectivity index (χ1) is 8.28. The molecule has 0 aromatic heterocycles. The monoisotopic (exact) mass is 250 g/mol. The van der Waals surface area contributed by atoms with Crippen molar-refractivity contribution >= 4 is 0 Å². The quantitative estimate of drug-likeness (QED) is 0.569. The SMILES string of the molecule is CCC1CCC(C(C)(C)CC2(C)CC2C(C)C)C1. The van der Waals surface area contributed by atoms with Crippen molar-refractivity contribution < 1.29 is 0 Å². The van der Waals surface area contributed by atoms with Gasteiger partial charge in [0.2, 0.25) is 0 Å². The molecule has 0 saturated heterocycles. The Morgan fingerprint density at radius 2 is 1.89 bits per heavy atom. The molecule has 0 N–H and O–H groups in total. The van der Waals surface area contributed by atoms with Crippen molar-refractivity contribution in [2.45, 2.75) is 80.1 Å². The van der Waals surface area contributed by atoms with Gasteiger partial charge in [-0.3, -0.25) is 0 Å². The summed E-state index contributed by atoms with van der Waals surface area (Å²) in [6.45, 7) is 14.8. The molecule has 18 heavy (non-hydrogen) atoms. The van der Waals surface area contributed by atoms with E-state index < -0.39 is 0 Å². The highest BCUT2D eigenvalue weighted by molar-refractivity contribution is 5.04. The molecule has 4 unspecified atom stereocenters. The molecular weight excluding hydrogens is 216 g/mol. The molecule has 4 atom stereocenters. The van der Waals surface area contributed by atoms with Crippen molar-refractivity contribution in [3.8, 4) is 0 Å². The second kappa shape index (κ2) is 4.84. The molecule has 0 amide bonds. The second-order valence-corrected chi connectivity index (χ2v) is 8.66. The largest absolute Gasteiger partial charge is 0.0651 e. The molecule has 0 spiro atoms.